The zero-order valence-electron chi connectivity index (χ0n) is 16.4. The van der Waals surface area contributed by atoms with Crippen LogP contribution in [0.3, 0.4) is 0 Å². The molecule has 0 unspecified atom stereocenters. The zero-order chi connectivity index (χ0) is 19.5. The number of aromatic nitrogens is 2. The van der Waals surface area contributed by atoms with Gasteiger partial charge in [0.1, 0.15) is 6.07 Å². The van der Waals surface area contributed by atoms with Gasteiger partial charge in [-0.25, -0.2) is 0 Å². The van der Waals surface area contributed by atoms with E-state index >= 15 is 0 Å². The zero-order valence-corrected chi connectivity index (χ0v) is 16.4. The van der Waals surface area contributed by atoms with Crippen LogP contribution in [-0.4, -0.2) is 34.0 Å². The van der Waals surface area contributed by atoms with E-state index in [1.807, 2.05) is 18.3 Å². The minimum absolute atomic E-state index is 0.360. The highest BCUT2D eigenvalue weighted by Crippen LogP contribution is 2.30. The van der Waals surface area contributed by atoms with Crippen LogP contribution in [0.5, 0.6) is 0 Å². The lowest BCUT2D eigenvalue weighted by atomic mass is 10.0. The molecule has 4 rings (SSSR count). The van der Waals surface area contributed by atoms with Gasteiger partial charge in [0.25, 0.3) is 0 Å². The molecule has 0 spiro atoms. The molecular weight excluding hydrogens is 346 g/mol. The average molecular weight is 371 g/mol. The molecule has 0 saturated carbocycles. The number of piperidine rings is 1. The van der Waals surface area contributed by atoms with Crippen LogP contribution in [0.4, 0.5) is 5.69 Å². The number of aryl methyl sites for hydroxylation is 2. The summed E-state index contributed by atoms with van der Waals surface area (Å²) in [6.45, 7) is 7.11. The van der Waals surface area contributed by atoms with E-state index in [9.17, 15) is 5.26 Å². The van der Waals surface area contributed by atoms with E-state index in [1.165, 1.54) is 5.56 Å². The van der Waals surface area contributed by atoms with Crippen LogP contribution < -0.4 is 5.32 Å². The van der Waals surface area contributed by atoms with Gasteiger partial charge in [-0.1, -0.05) is 17.7 Å². The van der Waals surface area contributed by atoms with Crippen LogP contribution in [0.2, 0.25) is 0 Å². The summed E-state index contributed by atoms with van der Waals surface area (Å²) in [4.78, 5) is 11.4. The molecule has 28 heavy (non-hydrogen) atoms. The van der Waals surface area contributed by atoms with Crippen molar-refractivity contribution < 1.29 is 0 Å². The first-order valence-corrected chi connectivity index (χ1v) is 9.83. The average Bonchev–Trinajstić information content (AvgIpc) is 2.70. The molecule has 0 radical (unpaired) electrons. The first-order chi connectivity index (χ1) is 13.6. The van der Waals surface area contributed by atoms with Crippen molar-refractivity contribution in [2.45, 2.75) is 39.3 Å². The lowest BCUT2D eigenvalue weighted by Gasteiger charge is -2.33. The van der Waals surface area contributed by atoms with Gasteiger partial charge >= 0.3 is 0 Å². The molecule has 1 N–H and O–H groups in total. The van der Waals surface area contributed by atoms with Crippen molar-refractivity contribution >= 4 is 16.6 Å². The van der Waals surface area contributed by atoms with E-state index < -0.39 is 0 Å². The van der Waals surface area contributed by atoms with Gasteiger partial charge in [0, 0.05) is 43.5 Å². The normalized spacial score (nSPS) is 15.5. The fourth-order valence-corrected chi connectivity index (χ4v) is 4.06. The van der Waals surface area contributed by atoms with Crippen LogP contribution >= 0.6 is 0 Å². The minimum atomic E-state index is 0.360. The maximum absolute atomic E-state index is 9.61. The number of hydrogen-bond acceptors (Lipinski definition) is 5. The maximum atomic E-state index is 9.61. The maximum Gasteiger partial charge on any atom is 0.103 e. The highest BCUT2D eigenvalue weighted by Gasteiger charge is 2.21. The highest BCUT2D eigenvalue weighted by atomic mass is 15.1. The molecule has 1 saturated heterocycles. The fourth-order valence-electron chi connectivity index (χ4n) is 4.06. The second-order valence-corrected chi connectivity index (χ2v) is 7.65. The number of nitrogens with one attached hydrogen (secondary N) is 1. The van der Waals surface area contributed by atoms with Gasteiger partial charge in [-0.3, -0.25) is 14.9 Å². The third kappa shape index (κ3) is 3.83. The minimum Gasteiger partial charge on any atom is -0.381 e. The SMILES string of the molecule is Cc1cc(C)c2ncc(C#N)c(NC3CCN(Cc4ccccn4)CC3)c2c1. The van der Waals surface area contributed by atoms with Gasteiger partial charge in [-0.15, -0.1) is 0 Å². The van der Waals surface area contributed by atoms with Crippen molar-refractivity contribution in [3.63, 3.8) is 0 Å². The number of nitrogens with zero attached hydrogens (tertiary/aromatic N) is 4. The van der Waals surface area contributed by atoms with Crippen molar-refractivity contribution in [2.75, 3.05) is 18.4 Å². The number of rotatable bonds is 4. The Hall–Kier alpha value is -2.97. The molecule has 0 atom stereocenters. The standard InChI is InChI=1S/C23H25N5/c1-16-11-17(2)22-21(12-16)23(18(13-24)14-26-22)27-19-6-9-28(10-7-19)15-20-5-3-4-8-25-20/h3-5,8,11-12,14,19H,6-7,9-10,15H2,1-2H3,(H,26,27). The van der Waals surface area contributed by atoms with Gasteiger partial charge in [0.2, 0.25) is 0 Å². The van der Waals surface area contributed by atoms with Crippen LogP contribution in [0.15, 0.2) is 42.7 Å². The molecule has 1 aliphatic rings. The molecule has 5 heteroatoms. The Morgan fingerprint density at radius 1 is 1.18 bits per heavy atom. The van der Waals surface area contributed by atoms with Crippen molar-refractivity contribution in [3.05, 3.63) is 65.1 Å². The summed E-state index contributed by atoms with van der Waals surface area (Å²) in [6, 6.07) is 13.0. The van der Waals surface area contributed by atoms with Gasteiger partial charge in [-0.2, -0.15) is 5.26 Å². The molecule has 0 amide bonds. The van der Waals surface area contributed by atoms with Crippen LogP contribution in [0, 0.1) is 25.2 Å². The summed E-state index contributed by atoms with van der Waals surface area (Å²) in [5.74, 6) is 0. The lowest BCUT2D eigenvalue weighted by molar-refractivity contribution is 0.209. The first-order valence-electron chi connectivity index (χ1n) is 9.83. The van der Waals surface area contributed by atoms with E-state index in [0.717, 1.165) is 60.3 Å². The Bertz CT molecular complexity index is 1010. The van der Waals surface area contributed by atoms with Gasteiger partial charge in [0.15, 0.2) is 0 Å². The Kier molecular flexibility index (Phi) is 5.23. The topological polar surface area (TPSA) is 64.8 Å². The lowest BCUT2D eigenvalue weighted by Crippen LogP contribution is -2.39. The van der Waals surface area contributed by atoms with E-state index in [-0.39, 0.29) is 0 Å². The number of anilines is 1. The molecular formula is C23H25N5. The molecule has 2 aromatic heterocycles. The van der Waals surface area contributed by atoms with E-state index in [0.29, 0.717) is 11.6 Å². The Balaban J connectivity index is 1.51. The number of likely N-dealkylation sites (tertiary alicyclic amines) is 1. The molecule has 1 aliphatic heterocycles. The number of nitriles is 1. The third-order valence-corrected chi connectivity index (χ3v) is 5.47. The van der Waals surface area contributed by atoms with Gasteiger partial charge in [-0.05, 0) is 50.5 Å². The summed E-state index contributed by atoms with van der Waals surface area (Å²) in [5.41, 5.74) is 5.98. The number of hydrogen-bond donors (Lipinski definition) is 1. The highest BCUT2D eigenvalue weighted by molar-refractivity contribution is 5.96. The molecule has 5 nitrogen and oxygen atoms in total. The summed E-state index contributed by atoms with van der Waals surface area (Å²) in [7, 11) is 0. The number of fused-ring (bicyclic) bond motifs is 1. The molecule has 0 aliphatic carbocycles. The Labute approximate surface area is 166 Å². The smallest absolute Gasteiger partial charge is 0.103 e. The summed E-state index contributed by atoms with van der Waals surface area (Å²) >= 11 is 0. The van der Waals surface area contributed by atoms with E-state index in [4.69, 9.17) is 0 Å². The van der Waals surface area contributed by atoms with Gasteiger partial charge < -0.3 is 5.32 Å². The molecule has 3 heterocycles. The Morgan fingerprint density at radius 2 is 2.00 bits per heavy atom. The molecule has 142 valence electrons. The molecule has 1 fully saturated rings. The van der Waals surface area contributed by atoms with E-state index in [2.05, 4.69) is 58.3 Å². The first kappa shape index (κ1) is 18.4. The monoisotopic (exact) mass is 371 g/mol. The largest absolute Gasteiger partial charge is 0.381 e. The quantitative estimate of drug-likeness (QED) is 0.745. The van der Waals surface area contributed by atoms with Crippen LogP contribution in [0.25, 0.3) is 10.9 Å². The predicted octanol–water partition coefficient (Wildman–Crippen LogP) is 4.19. The fraction of sp³-hybridized carbons (Fsp3) is 0.348. The summed E-state index contributed by atoms with van der Waals surface area (Å²) in [5, 5.41) is 14.3. The second kappa shape index (κ2) is 7.95. The van der Waals surface area contributed by atoms with Crippen molar-refractivity contribution in [2.24, 2.45) is 0 Å². The summed E-state index contributed by atoms with van der Waals surface area (Å²) < 4.78 is 0. The Morgan fingerprint density at radius 3 is 2.71 bits per heavy atom. The van der Waals surface area contributed by atoms with Crippen molar-refractivity contribution in [1.29, 1.82) is 5.26 Å². The van der Waals surface area contributed by atoms with E-state index in [1.54, 1.807) is 6.20 Å². The van der Waals surface area contributed by atoms with Crippen molar-refractivity contribution in [3.8, 4) is 6.07 Å². The third-order valence-electron chi connectivity index (χ3n) is 5.47. The van der Waals surface area contributed by atoms with Crippen LogP contribution in [-0.2, 0) is 6.54 Å². The molecule has 0 bridgehead atoms. The predicted molar refractivity (Wildman–Crippen MR) is 112 cm³/mol. The number of benzene rings is 1. The van der Waals surface area contributed by atoms with Crippen molar-refractivity contribution in [1.82, 2.24) is 14.9 Å². The number of pyridine rings is 2. The summed E-state index contributed by atoms with van der Waals surface area (Å²) in [6.07, 6.45) is 5.65. The molecule has 1 aromatic carbocycles. The second-order valence-electron chi connectivity index (χ2n) is 7.65. The van der Waals surface area contributed by atoms with Crippen LogP contribution in [0.1, 0.15) is 35.2 Å². The van der Waals surface area contributed by atoms with Gasteiger partial charge in [0.05, 0.1) is 22.5 Å². The molecule has 3 aromatic rings.